The first kappa shape index (κ1) is 25.8. The molecule has 0 atom stereocenters. The third-order valence-electron chi connectivity index (χ3n) is 5.06. The van der Waals surface area contributed by atoms with Gasteiger partial charge in [-0.3, -0.25) is 14.5 Å². The van der Waals surface area contributed by atoms with Gasteiger partial charge in [-0.2, -0.15) is 13.2 Å². The SMILES string of the molecule is COc1ccccc1/C=C1\SC(=S)N(CCCCCC(=O)Nc2cccc(C(F)(F)F)c2)C1=O. The Kier molecular flexibility index (Phi) is 8.73. The highest BCUT2D eigenvalue weighted by Crippen LogP contribution is 2.34. The normalized spacial score (nSPS) is 15.2. The molecule has 0 aromatic heterocycles. The van der Waals surface area contributed by atoms with Gasteiger partial charge in [-0.15, -0.1) is 0 Å². The number of anilines is 1. The van der Waals surface area contributed by atoms with Crippen LogP contribution in [0.5, 0.6) is 5.75 Å². The molecule has 2 aromatic carbocycles. The number of carbonyl (C=O) groups is 2. The maximum absolute atomic E-state index is 12.8. The van der Waals surface area contributed by atoms with Crippen LogP contribution in [-0.2, 0) is 15.8 Å². The molecule has 1 aliphatic rings. The fourth-order valence-electron chi connectivity index (χ4n) is 3.35. The number of hydrogen-bond donors (Lipinski definition) is 1. The minimum absolute atomic E-state index is 0.110. The molecule has 1 saturated heterocycles. The number of nitrogens with one attached hydrogen (secondary N) is 1. The number of para-hydroxylation sites is 1. The van der Waals surface area contributed by atoms with Crippen LogP contribution in [0.25, 0.3) is 6.08 Å². The molecule has 1 N–H and O–H groups in total. The van der Waals surface area contributed by atoms with Crippen LogP contribution in [0.15, 0.2) is 53.4 Å². The summed E-state index contributed by atoms with van der Waals surface area (Å²) in [7, 11) is 1.57. The zero-order valence-corrected chi connectivity index (χ0v) is 20.0. The van der Waals surface area contributed by atoms with Crippen LogP contribution in [0, 0.1) is 0 Å². The second kappa shape index (κ2) is 11.5. The molecule has 5 nitrogen and oxygen atoms in total. The smallest absolute Gasteiger partial charge is 0.416 e. The number of thiocarbonyl (C=S) groups is 1. The predicted molar refractivity (Wildman–Crippen MR) is 131 cm³/mol. The van der Waals surface area contributed by atoms with Crippen LogP contribution in [0.2, 0.25) is 0 Å². The van der Waals surface area contributed by atoms with E-state index in [-0.39, 0.29) is 23.9 Å². The Morgan fingerprint density at radius 1 is 1.15 bits per heavy atom. The average Bonchev–Trinajstić information content (AvgIpc) is 3.06. The zero-order chi connectivity index (χ0) is 24.7. The van der Waals surface area contributed by atoms with Crippen molar-refractivity contribution in [3.63, 3.8) is 0 Å². The number of unbranched alkanes of at least 4 members (excludes halogenated alkanes) is 2. The van der Waals surface area contributed by atoms with Gasteiger partial charge in [0.05, 0.1) is 17.6 Å². The first-order valence-electron chi connectivity index (χ1n) is 10.5. The lowest BCUT2D eigenvalue weighted by molar-refractivity contribution is -0.137. The van der Waals surface area contributed by atoms with E-state index in [1.54, 1.807) is 18.1 Å². The molecular weight excluding hydrogens is 485 g/mol. The molecule has 3 rings (SSSR count). The van der Waals surface area contributed by atoms with E-state index in [0.717, 1.165) is 17.7 Å². The second-order valence-corrected chi connectivity index (χ2v) is 9.19. The van der Waals surface area contributed by atoms with Crippen LogP contribution >= 0.6 is 24.0 Å². The molecule has 1 heterocycles. The summed E-state index contributed by atoms with van der Waals surface area (Å²) in [6.07, 6.45) is -0.687. The third kappa shape index (κ3) is 6.83. The number of benzene rings is 2. The maximum Gasteiger partial charge on any atom is 0.416 e. The van der Waals surface area contributed by atoms with Gasteiger partial charge < -0.3 is 10.1 Å². The minimum Gasteiger partial charge on any atom is -0.496 e. The Morgan fingerprint density at radius 2 is 1.91 bits per heavy atom. The van der Waals surface area contributed by atoms with Crippen molar-refractivity contribution >= 4 is 51.9 Å². The number of hydrogen-bond acceptors (Lipinski definition) is 5. The quantitative estimate of drug-likeness (QED) is 0.251. The monoisotopic (exact) mass is 508 g/mol. The Bertz CT molecular complexity index is 1100. The van der Waals surface area contributed by atoms with Crippen LogP contribution in [0.1, 0.15) is 36.8 Å². The summed E-state index contributed by atoms with van der Waals surface area (Å²) < 4.78 is 44.1. The minimum atomic E-state index is -4.46. The number of alkyl halides is 3. The molecule has 10 heteroatoms. The van der Waals surface area contributed by atoms with E-state index in [2.05, 4.69) is 5.32 Å². The highest BCUT2D eigenvalue weighted by molar-refractivity contribution is 8.26. The number of carbonyl (C=O) groups excluding carboxylic acids is 2. The van der Waals surface area contributed by atoms with Gasteiger partial charge >= 0.3 is 6.18 Å². The second-order valence-electron chi connectivity index (χ2n) is 7.51. The summed E-state index contributed by atoms with van der Waals surface area (Å²) in [5.41, 5.74) is 0.0880. The topological polar surface area (TPSA) is 58.6 Å². The molecule has 0 saturated carbocycles. The number of rotatable bonds is 9. The van der Waals surface area contributed by atoms with Crippen LogP contribution in [0.4, 0.5) is 18.9 Å². The Morgan fingerprint density at radius 3 is 2.65 bits per heavy atom. The molecule has 1 aliphatic heterocycles. The summed E-state index contributed by atoms with van der Waals surface area (Å²) in [4.78, 5) is 26.9. The van der Waals surface area contributed by atoms with Gasteiger partial charge in [-0.05, 0) is 43.2 Å². The summed E-state index contributed by atoms with van der Waals surface area (Å²) in [5, 5.41) is 2.49. The number of halogens is 3. The summed E-state index contributed by atoms with van der Waals surface area (Å²) >= 11 is 6.59. The average molecular weight is 509 g/mol. The van der Waals surface area contributed by atoms with Gasteiger partial charge in [-0.1, -0.05) is 54.7 Å². The lowest BCUT2D eigenvalue weighted by Crippen LogP contribution is -2.29. The van der Waals surface area contributed by atoms with Crippen LogP contribution in [-0.4, -0.2) is 34.7 Å². The fourth-order valence-corrected chi connectivity index (χ4v) is 4.65. The van der Waals surface area contributed by atoms with E-state index in [9.17, 15) is 22.8 Å². The zero-order valence-electron chi connectivity index (χ0n) is 18.4. The van der Waals surface area contributed by atoms with E-state index in [4.69, 9.17) is 17.0 Å². The van der Waals surface area contributed by atoms with Gasteiger partial charge in [-0.25, -0.2) is 0 Å². The van der Waals surface area contributed by atoms with Crippen molar-refractivity contribution < 1.29 is 27.5 Å². The van der Waals surface area contributed by atoms with Gasteiger partial charge in [0.25, 0.3) is 5.91 Å². The largest absolute Gasteiger partial charge is 0.496 e. The maximum atomic E-state index is 12.8. The molecule has 34 heavy (non-hydrogen) atoms. The molecule has 0 unspecified atom stereocenters. The van der Waals surface area contributed by atoms with E-state index in [1.807, 2.05) is 24.3 Å². The first-order valence-corrected chi connectivity index (χ1v) is 11.8. The summed E-state index contributed by atoms with van der Waals surface area (Å²) in [6.45, 7) is 0.434. The molecule has 0 radical (unpaired) electrons. The van der Waals surface area contributed by atoms with Crippen molar-refractivity contribution in [2.45, 2.75) is 31.9 Å². The van der Waals surface area contributed by atoms with E-state index < -0.39 is 11.7 Å². The number of amides is 2. The molecule has 0 aliphatic carbocycles. The predicted octanol–water partition coefficient (Wildman–Crippen LogP) is 6.11. The highest BCUT2D eigenvalue weighted by atomic mass is 32.2. The molecule has 2 amide bonds. The van der Waals surface area contributed by atoms with Gasteiger partial charge in [0.15, 0.2) is 0 Å². The highest BCUT2D eigenvalue weighted by Gasteiger charge is 2.32. The van der Waals surface area contributed by atoms with Gasteiger partial charge in [0.2, 0.25) is 5.91 Å². The van der Waals surface area contributed by atoms with Crippen LogP contribution < -0.4 is 10.1 Å². The Balaban J connectivity index is 1.44. The molecular formula is C24H23F3N2O3S2. The van der Waals surface area contributed by atoms with E-state index in [0.29, 0.717) is 40.8 Å². The molecule has 2 aromatic rings. The van der Waals surface area contributed by atoms with Crippen molar-refractivity contribution in [1.82, 2.24) is 4.90 Å². The third-order valence-corrected chi connectivity index (χ3v) is 6.44. The van der Waals surface area contributed by atoms with Crippen molar-refractivity contribution in [3.8, 4) is 5.75 Å². The van der Waals surface area contributed by atoms with Crippen LogP contribution in [0.3, 0.4) is 0 Å². The summed E-state index contributed by atoms with van der Waals surface area (Å²) in [6, 6.07) is 11.9. The number of methoxy groups -OCH3 is 1. The standard InChI is InChI=1S/C24H23F3N2O3S2/c1-32-19-11-5-4-8-16(19)14-20-22(31)29(23(33)34-20)13-6-2-3-12-21(30)28-18-10-7-9-17(15-18)24(25,26)27/h4-5,7-11,14-15H,2-3,6,12-13H2,1H3,(H,28,30)/b20-14-. The van der Waals surface area contributed by atoms with E-state index >= 15 is 0 Å². The first-order chi connectivity index (χ1) is 16.2. The van der Waals surface area contributed by atoms with Crippen molar-refractivity contribution in [1.29, 1.82) is 0 Å². The Hall–Kier alpha value is -2.85. The lowest BCUT2D eigenvalue weighted by atomic mass is 10.1. The molecule has 1 fully saturated rings. The number of nitrogens with zero attached hydrogens (tertiary/aromatic N) is 1. The summed E-state index contributed by atoms with van der Waals surface area (Å²) in [5.74, 6) is 0.143. The van der Waals surface area contributed by atoms with Gasteiger partial charge in [0.1, 0.15) is 10.1 Å². The van der Waals surface area contributed by atoms with E-state index in [1.165, 1.54) is 23.9 Å². The number of ether oxygens (including phenoxy) is 1. The fraction of sp³-hybridized carbons (Fsp3) is 0.292. The number of thioether (sulfide) groups is 1. The molecule has 0 spiro atoms. The Labute approximate surface area is 205 Å². The van der Waals surface area contributed by atoms with Gasteiger partial charge in [0, 0.05) is 24.2 Å². The van der Waals surface area contributed by atoms with Crippen molar-refractivity contribution in [2.75, 3.05) is 19.0 Å². The van der Waals surface area contributed by atoms with Crippen molar-refractivity contribution in [3.05, 3.63) is 64.6 Å². The molecule has 180 valence electrons. The lowest BCUT2D eigenvalue weighted by Gasteiger charge is -2.14. The molecule has 0 bridgehead atoms. The van der Waals surface area contributed by atoms with Crippen molar-refractivity contribution in [2.24, 2.45) is 0 Å².